The van der Waals surface area contributed by atoms with Crippen molar-refractivity contribution >= 4 is 5.78 Å². The largest absolute Gasteiger partial charge is 0.493 e. The Morgan fingerprint density at radius 1 is 1.47 bits per heavy atom. The second-order valence-electron chi connectivity index (χ2n) is 2.92. The smallest absolute Gasteiger partial charge is 0.180 e. The highest BCUT2D eigenvalue weighted by atomic mass is 19.1. The standard InChI is InChI=1S/C10H11F2NO2/c1-13-5-9(14)7-3-6(11)4-8(12)10(7)15-2/h3-4,13H,5H2,1-2H3. The van der Waals surface area contributed by atoms with Gasteiger partial charge in [-0.1, -0.05) is 0 Å². The van der Waals surface area contributed by atoms with Gasteiger partial charge >= 0.3 is 0 Å². The van der Waals surface area contributed by atoms with Crippen LogP contribution < -0.4 is 10.1 Å². The second-order valence-corrected chi connectivity index (χ2v) is 2.92. The van der Waals surface area contributed by atoms with Crippen molar-refractivity contribution in [1.29, 1.82) is 0 Å². The molecular weight excluding hydrogens is 204 g/mol. The lowest BCUT2D eigenvalue weighted by atomic mass is 10.1. The number of benzene rings is 1. The van der Waals surface area contributed by atoms with E-state index in [9.17, 15) is 13.6 Å². The van der Waals surface area contributed by atoms with E-state index in [4.69, 9.17) is 4.74 Å². The third-order valence-electron chi connectivity index (χ3n) is 1.85. The summed E-state index contributed by atoms with van der Waals surface area (Å²) in [6.07, 6.45) is 0. The second kappa shape index (κ2) is 4.84. The lowest BCUT2D eigenvalue weighted by Crippen LogP contribution is -2.19. The molecule has 0 aliphatic rings. The van der Waals surface area contributed by atoms with Gasteiger partial charge in [0, 0.05) is 6.07 Å². The maximum absolute atomic E-state index is 13.2. The molecule has 0 radical (unpaired) electrons. The number of carbonyl (C=O) groups is 1. The van der Waals surface area contributed by atoms with Gasteiger partial charge in [0.15, 0.2) is 17.3 Å². The first-order valence-corrected chi connectivity index (χ1v) is 4.31. The van der Waals surface area contributed by atoms with Gasteiger partial charge in [0.05, 0.1) is 19.2 Å². The molecule has 0 aliphatic heterocycles. The average Bonchev–Trinajstić information content (AvgIpc) is 2.17. The van der Waals surface area contributed by atoms with Crippen LogP contribution in [0, 0.1) is 11.6 Å². The van der Waals surface area contributed by atoms with Crippen molar-refractivity contribution in [1.82, 2.24) is 5.32 Å². The lowest BCUT2D eigenvalue weighted by Gasteiger charge is -2.08. The molecule has 0 heterocycles. The Kier molecular flexibility index (Phi) is 3.74. The molecule has 1 rings (SSSR count). The van der Waals surface area contributed by atoms with Gasteiger partial charge in [-0.2, -0.15) is 0 Å². The fourth-order valence-corrected chi connectivity index (χ4v) is 1.23. The number of hydrogen-bond acceptors (Lipinski definition) is 3. The normalized spacial score (nSPS) is 10.1. The molecule has 1 aromatic rings. The fourth-order valence-electron chi connectivity index (χ4n) is 1.23. The molecule has 0 saturated carbocycles. The lowest BCUT2D eigenvalue weighted by molar-refractivity contribution is 0.0989. The molecule has 3 nitrogen and oxygen atoms in total. The van der Waals surface area contributed by atoms with Crippen molar-refractivity contribution in [2.75, 3.05) is 20.7 Å². The summed E-state index contributed by atoms with van der Waals surface area (Å²) in [6, 6.07) is 1.64. The predicted molar refractivity (Wildman–Crippen MR) is 51.2 cm³/mol. The molecule has 0 atom stereocenters. The summed E-state index contributed by atoms with van der Waals surface area (Å²) in [4.78, 5) is 11.5. The summed E-state index contributed by atoms with van der Waals surface area (Å²) in [5.41, 5.74) is -0.0932. The van der Waals surface area contributed by atoms with E-state index in [0.717, 1.165) is 6.07 Å². The number of carbonyl (C=O) groups excluding carboxylic acids is 1. The highest BCUT2D eigenvalue weighted by molar-refractivity contribution is 6.00. The van der Waals surface area contributed by atoms with E-state index in [1.807, 2.05) is 0 Å². The first-order valence-electron chi connectivity index (χ1n) is 4.31. The summed E-state index contributed by atoms with van der Waals surface area (Å²) in [6.45, 7) is -0.000741. The van der Waals surface area contributed by atoms with Crippen molar-refractivity contribution < 1.29 is 18.3 Å². The van der Waals surface area contributed by atoms with Gasteiger partial charge in [-0.3, -0.25) is 4.79 Å². The van der Waals surface area contributed by atoms with Gasteiger partial charge in [-0.25, -0.2) is 8.78 Å². The molecule has 82 valence electrons. The third-order valence-corrected chi connectivity index (χ3v) is 1.85. The summed E-state index contributed by atoms with van der Waals surface area (Å²) in [7, 11) is 2.80. The zero-order valence-corrected chi connectivity index (χ0v) is 8.43. The van der Waals surface area contributed by atoms with Crippen LogP contribution in [-0.4, -0.2) is 26.5 Å². The first-order chi connectivity index (χ1) is 7.10. The molecule has 0 fully saturated rings. The molecule has 15 heavy (non-hydrogen) atoms. The molecule has 0 unspecified atom stereocenters. The van der Waals surface area contributed by atoms with Crippen LogP contribution in [0.2, 0.25) is 0 Å². The Morgan fingerprint density at radius 2 is 2.13 bits per heavy atom. The van der Waals surface area contributed by atoms with Crippen LogP contribution in [0.15, 0.2) is 12.1 Å². The minimum absolute atomic E-state index is 0.000741. The highest BCUT2D eigenvalue weighted by Crippen LogP contribution is 2.24. The van der Waals surface area contributed by atoms with Gasteiger partial charge in [0.25, 0.3) is 0 Å². The maximum Gasteiger partial charge on any atom is 0.180 e. The van der Waals surface area contributed by atoms with Crippen molar-refractivity contribution in [2.24, 2.45) is 0 Å². The minimum Gasteiger partial charge on any atom is -0.493 e. The van der Waals surface area contributed by atoms with Gasteiger partial charge in [0.1, 0.15) is 5.82 Å². The van der Waals surface area contributed by atoms with Gasteiger partial charge < -0.3 is 10.1 Å². The van der Waals surface area contributed by atoms with Crippen LogP contribution in [0.1, 0.15) is 10.4 Å². The van der Waals surface area contributed by atoms with E-state index < -0.39 is 17.4 Å². The first kappa shape index (κ1) is 11.6. The van der Waals surface area contributed by atoms with Gasteiger partial charge in [-0.15, -0.1) is 0 Å². The van der Waals surface area contributed by atoms with Crippen LogP contribution >= 0.6 is 0 Å². The zero-order valence-electron chi connectivity index (χ0n) is 8.43. The molecule has 0 bridgehead atoms. The molecule has 1 N–H and O–H groups in total. The van der Waals surface area contributed by atoms with E-state index in [-0.39, 0.29) is 17.9 Å². The van der Waals surface area contributed by atoms with Gasteiger partial charge in [0.2, 0.25) is 0 Å². The molecule has 5 heteroatoms. The van der Waals surface area contributed by atoms with Crippen molar-refractivity contribution in [2.45, 2.75) is 0 Å². The SMILES string of the molecule is CNCC(=O)c1cc(F)cc(F)c1OC. The maximum atomic E-state index is 13.2. The summed E-state index contributed by atoms with van der Waals surface area (Å²) in [5, 5.41) is 2.61. The third kappa shape index (κ3) is 2.50. The number of likely N-dealkylation sites (N-methyl/N-ethyl adjacent to an activating group) is 1. The van der Waals surface area contributed by atoms with Crippen LogP contribution in [0.4, 0.5) is 8.78 Å². The topological polar surface area (TPSA) is 38.3 Å². The summed E-state index contributed by atoms with van der Waals surface area (Å²) in [5.74, 6) is -2.32. The number of ketones is 1. The molecule has 0 saturated heterocycles. The van der Waals surface area contributed by atoms with Crippen LogP contribution in [-0.2, 0) is 0 Å². The Morgan fingerprint density at radius 3 is 2.67 bits per heavy atom. The summed E-state index contributed by atoms with van der Waals surface area (Å²) < 4.78 is 30.8. The van der Waals surface area contributed by atoms with Crippen LogP contribution in [0.25, 0.3) is 0 Å². The summed E-state index contributed by atoms with van der Waals surface area (Å²) >= 11 is 0. The van der Waals surface area contributed by atoms with E-state index in [0.29, 0.717) is 6.07 Å². The van der Waals surface area contributed by atoms with Crippen LogP contribution in [0.5, 0.6) is 5.75 Å². The molecule has 0 aromatic heterocycles. The molecule has 0 spiro atoms. The van der Waals surface area contributed by atoms with E-state index >= 15 is 0 Å². The predicted octanol–water partition coefficient (Wildman–Crippen LogP) is 1.38. The molecule has 0 amide bonds. The molecule has 0 aliphatic carbocycles. The van der Waals surface area contributed by atoms with E-state index in [1.54, 1.807) is 7.05 Å². The highest BCUT2D eigenvalue weighted by Gasteiger charge is 2.17. The Hall–Kier alpha value is -1.49. The number of rotatable bonds is 4. The molecular formula is C10H11F2NO2. The monoisotopic (exact) mass is 215 g/mol. The van der Waals surface area contributed by atoms with Crippen molar-refractivity contribution in [3.8, 4) is 5.75 Å². The van der Waals surface area contributed by atoms with Crippen molar-refractivity contribution in [3.63, 3.8) is 0 Å². The number of methoxy groups -OCH3 is 1. The quantitative estimate of drug-likeness (QED) is 0.771. The Bertz CT molecular complexity index is 380. The number of Topliss-reactive ketones (excluding diaryl/α,β-unsaturated/α-hetero) is 1. The number of halogens is 2. The average molecular weight is 215 g/mol. The number of ether oxygens (including phenoxy) is 1. The van der Waals surface area contributed by atoms with Crippen molar-refractivity contribution in [3.05, 3.63) is 29.3 Å². The minimum atomic E-state index is -0.878. The zero-order chi connectivity index (χ0) is 11.4. The Balaban J connectivity index is 3.20. The van der Waals surface area contributed by atoms with E-state index in [1.165, 1.54) is 7.11 Å². The Labute approximate surface area is 86.0 Å². The van der Waals surface area contributed by atoms with E-state index in [2.05, 4.69) is 5.32 Å². The molecule has 1 aromatic carbocycles. The van der Waals surface area contributed by atoms with Gasteiger partial charge in [-0.05, 0) is 13.1 Å². The fraction of sp³-hybridized carbons (Fsp3) is 0.300. The van der Waals surface area contributed by atoms with Crippen LogP contribution in [0.3, 0.4) is 0 Å². The number of hydrogen-bond donors (Lipinski definition) is 1. The number of nitrogens with one attached hydrogen (secondary N) is 1.